The lowest BCUT2D eigenvalue weighted by atomic mass is 9.85. The summed E-state index contributed by atoms with van der Waals surface area (Å²) in [7, 11) is 0. The quantitative estimate of drug-likeness (QED) is 0.145. The molecule has 0 saturated heterocycles. The van der Waals surface area contributed by atoms with E-state index < -0.39 is 0 Å². The fourth-order valence-corrected chi connectivity index (χ4v) is 10.6. The zero-order chi connectivity index (χ0) is 46.3. The summed E-state index contributed by atoms with van der Waals surface area (Å²) in [6, 6.07) is 81.3. The van der Waals surface area contributed by atoms with Gasteiger partial charge in [-0.1, -0.05) is 199 Å². The Hall–Kier alpha value is -7.94. The molecule has 0 aliphatic heterocycles. The predicted octanol–water partition coefficient (Wildman–Crippen LogP) is 18.7. The molecule has 0 atom stereocenters. The third kappa shape index (κ3) is 6.94. The first-order valence-corrected chi connectivity index (χ1v) is 24.0. The van der Waals surface area contributed by atoms with Crippen LogP contribution in [0.5, 0.6) is 0 Å². The molecule has 1 aromatic heterocycles. The van der Waals surface area contributed by atoms with Gasteiger partial charge in [0.05, 0.1) is 28.1 Å². The van der Waals surface area contributed by atoms with Gasteiger partial charge in [-0.05, 0) is 132 Å². The summed E-state index contributed by atoms with van der Waals surface area (Å²) in [4.78, 5) is 2.50. The smallest absolute Gasteiger partial charge is 0.0541 e. The second-order valence-corrected chi connectivity index (χ2v) is 20.6. The zero-order valence-corrected chi connectivity index (χ0v) is 39.7. The Morgan fingerprint density at radius 1 is 0.338 bits per heavy atom. The highest BCUT2D eigenvalue weighted by molar-refractivity contribution is 6.27. The van der Waals surface area contributed by atoms with Gasteiger partial charge >= 0.3 is 0 Å². The fourth-order valence-electron chi connectivity index (χ4n) is 10.6. The molecule has 0 bridgehead atoms. The first-order valence-electron chi connectivity index (χ1n) is 24.0. The molecule has 0 fully saturated rings. The van der Waals surface area contributed by atoms with Crippen LogP contribution >= 0.6 is 0 Å². The van der Waals surface area contributed by atoms with Crippen molar-refractivity contribution < 1.29 is 0 Å². The minimum atomic E-state index is 0.0262. The Morgan fingerprint density at radius 2 is 0.838 bits per heavy atom. The van der Waals surface area contributed by atoms with E-state index in [9.17, 15) is 0 Å². The van der Waals surface area contributed by atoms with Crippen LogP contribution in [0.25, 0.3) is 93.2 Å². The molecule has 0 unspecified atom stereocenters. The molecule has 2 heteroatoms. The Kier molecular flexibility index (Phi) is 9.67. The van der Waals surface area contributed by atoms with Gasteiger partial charge in [0.2, 0.25) is 0 Å². The minimum absolute atomic E-state index is 0.0262. The van der Waals surface area contributed by atoms with Crippen LogP contribution in [0.2, 0.25) is 0 Å². The van der Waals surface area contributed by atoms with Crippen molar-refractivity contribution in [3.8, 4) is 39.1 Å². The summed E-state index contributed by atoms with van der Waals surface area (Å²) in [5.74, 6) is 0. The van der Waals surface area contributed by atoms with Crippen molar-refractivity contribution >= 4 is 71.2 Å². The van der Waals surface area contributed by atoms with Gasteiger partial charge in [0.25, 0.3) is 0 Å². The third-order valence-electron chi connectivity index (χ3n) is 14.2. The lowest BCUT2D eigenvalue weighted by Gasteiger charge is -2.30. The van der Waals surface area contributed by atoms with Crippen LogP contribution in [-0.2, 0) is 10.8 Å². The van der Waals surface area contributed by atoms with E-state index in [0.717, 1.165) is 17.1 Å². The summed E-state index contributed by atoms with van der Waals surface area (Å²) < 4.78 is 2.53. The largest absolute Gasteiger partial charge is 0.309 e. The highest BCUT2D eigenvalue weighted by Crippen LogP contribution is 2.49. The predicted molar refractivity (Wildman–Crippen MR) is 293 cm³/mol. The fraction of sp³-hybridized carbons (Fsp3) is 0.121. The number of nitrogens with zero attached hydrogens (tertiary/aromatic N) is 2. The van der Waals surface area contributed by atoms with Crippen molar-refractivity contribution in [1.29, 1.82) is 0 Å². The monoisotopic (exact) mass is 874 g/mol. The van der Waals surface area contributed by atoms with E-state index in [4.69, 9.17) is 0 Å². The van der Waals surface area contributed by atoms with Gasteiger partial charge in [-0.3, -0.25) is 0 Å². The molecule has 0 aliphatic rings. The summed E-state index contributed by atoms with van der Waals surface area (Å²) >= 11 is 0. The van der Waals surface area contributed by atoms with E-state index in [1.165, 1.54) is 104 Å². The van der Waals surface area contributed by atoms with E-state index in [1.54, 1.807) is 0 Å². The second-order valence-electron chi connectivity index (χ2n) is 20.6. The second kappa shape index (κ2) is 15.9. The number of anilines is 3. The summed E-state index contributed by atoms with van der Waals surface area (Å²) in [6.07, 6.45) is 0. The minimum Gasteiger partial charge on any atom is -0.309 e. The van der Waals surface area contributed by atoms with E-state index in [0.29, 0.717) is 0 Å². The maximum absolute atomic E-state index is 2.53. The SMILES string of the molecule is CC(C)(C)c1ccc2c(c1)c1cc(C(C)(C)C)ccc1n2-c1ccc2ccc3c(N(c4cccc(-c5ccccc5)c4)c4ccccc4-c4cccc(-c5ccccc5)c4)ccc4ccc1c2c43. The molecule has 68 heavy (non-hydrogen) atoms. The first kappa shape index (κ1) is 41.5. The Labute approximate surface area is 399 Å². The highest BCUT2D eigenvalue weighted by Gasteiger charge is 2.25. The van der Waals surface area contributed by atoms with Gasteiger partial charge in [0.1, 0.15) is 0 Å². The molecule has 1 heterocycles. The first-order chi connectivity index (χ1) is 33.0. The van der Waals surface area contributed by atoms with Gasteiger partial charge in [0, 0.05) is 32.8 Å². The molecule has 0 amide bonds. The molecule has 328 valence electrons. The molecule has 0 aliphatic carbocycles. The maximum atomic E-state index is 2.53. The number of hydrogen-bond donors (Lipinski definition) is 0. The third-order valence-corrected chi connectivity index (χ3v) is 14.2. The molecule has 12 rings (SSSR count). The van der Waals surface area contributed by atoms with Crippen LogP contribution in [0.1, 0.15) is 52.7 Å². The van der Waals surface area contributed by atoms with Crippen molar-refractivity contribution in [3.05, 3.63) is 230 Å². The van der Waals surface area contributed by atoms with Gasteiger partial charge in [-0.15, -0.1) is 0 Å². The maximum Gasteiger partial charge on any atom is 0.0541 e. The van der Waals surface area contributed by atoms with Gasteiger partial charge in [-0.25, -0.2) is 0 Å². The number of benzene rings is 11. The van der Waals surface area contributed by atoms with E-state index in [-0.39, 0.29) is 10.8 Å². The zero-order valence-electron chi connectivity index (χ0n) is 39.7. The lowest BCUT2D eigenvalue weighted by molar-refractivity contribution is 0.590. The Balaban J connectivity index is 1.11. The molecule has 0 radical (unpaired) electrons. The van der Waals surface area contributed by atoms with Crippen LogP contribution in [0.3, 0.4) is 0 Å². The standard InChI is InChI=1S/C66H54N2/c1-65(2,3)50-31-37-61-56(41-50)57-42-51(66(4,5)6)32-38-62(57)68(61)60-36-30-46-27-33-54-59(35-29-45-28-34-55(60)64(46)63(45)54)67(52-24-16-22-48(40-52)44-19-11-8-12-20-44)58-26-14-13-25-53(58)49-23-15-21-47(39-49)43-17-9-7-10-18-43/h7-42H,1-6H3. The summed E-state index contributed by atoms with van der Waals surface area (Å²) in [5.41, 5.74) is 16.9. The number of aromatic nitrogens is 1. The van der Waals surface area contributed by atoms with Crippen LogP contribution in [0.4, 0.5) is 17.1 Å². The molecular formula is C66H54N2. The molecule has 11 aromatic carbocycles. The van der Waals surface area contributed by atoms with Crippen molar-refractivity contribution in [2.24, 2.45) is 0 Å². The van der Waals surface area contributed by atoms with Crippen molar-refractivity contribution in [2.75, 3.05) is 4.90 Å². The van der Waals surface area contributed by atoms with E-state index >= 15 is 0 Å². The number of rotatable bonds is 7. The van der Waals surface area contributed by atoms with Gasteiger partial charge in [-0.2, -0.15) is 0 Å². The van der Waals surface area contributed by atoms with Gasteiger partial charge < -0.3 is 9.47 Å². The van der Waals surface area contributed by atoms with E-state index in [2.05, 4.69) is 269 Å². The molecule has 2 nitrogen and oxygen atoms in total. The Bertz CT molecular complexity index is 3790. The van der Waals surface area contributed by atoms with Crippen LogP contribution in [0, 0.1) is 0 Å². The highest BCUT2D eigenvalue weighted by atomic mass is 15.1. The average molecular weight is 875 g/mol. The number of fused-ring (bicyclic) bond motifs is 3. The van der Waals surface area contributed by atoms with Crippen molar-refractivity contribution in [2.45, 2.75) is 52.4 Å². The van der Waals surface area contributed by atoms with Crippen LogP contribution in [0.15, 0.2) is 218 Å². The average Bonchev–Trinajstić information content (AvgIpc) is 3.69. The number of para-hydroxylation sites is 1. The lowest BCUT2D eigenvalue weighted by Crippen LogP contribution is -2.12. The molecule has 0 N–H and O–H groups in total. The molecule has 0 saturated carbocycles. The van der Waals surface area contributed by atoms with Gasteiger partial charge in [0.15, 0.2) is 0 Å². The van der Waals surface area contributed by atoms with E-state index in [1.807, 2.05) is 0 Å². The normalized spacial score (nSPS) is 12.3. The number of hydrogen-bond acceptors (Lipinski definition) is 1. The topological polar surface area (TPSA) is 8.17 Å². The molecule has 12 aromatic rings. The Morgan fingerprint density at radius 3 is 1.47 bits per heavy atom. The van der Waals surface area contributed by atoms with Crippen LogP contribution < -0.4 is 4.90 Å². The van der Waals surface area contributed by atoms with Crippen molar-refractivity contribution in [1.82, 2.24) is 4.57 Å². The van der Waals surface area contributed by atoms with Crippen LogP contribution in [-0.4, -0.2) is 4.57 Å². The summed E-state index contributed by atoms with van der Waals surface area (Å²) in [6.45, 7) is 13.9. The molecular weight excluding hydrogens is 821 g/mol. The summed E-state index contributed by atoms with van der Waals surface area (Å²) in [5, 5.41) is 10.1. The van der Waals surface area contributed by atoms with Crippen molar-refractivity contribution in [3.63, 3.8) is 0 Å². The molecule has 0 spiro atoms.